The number of hydrogen-bond donors (Lipinski definition) is 0. The van der Waals surface area contributed by atoms with Gasteiger partial charge in [0.1, 0.15) is 5.75 Å². The van der Waals surface area contributed by atoms with Crippen LogP contribution in [-0.4, -0.2) is 18.2 Å². The maximum Gasteiger partial charge on any atom is 0.198 e. The monoisotopic (exact) mass is 497 g/mol. The zero-order valence-electron chi connectivity index (χ0n) is 17.1. The van der Waals surface area contributed by atoms with Gasteiger partial charge in [0.05, 0.1) is 12.3 Å². The van der Waals surface area contributed by atoms with Crippen molar-refractivity contribution in [3.63, 3.8) is 0 Å². The number of para-hydroxylation sites is 1. The van der Waals surface area contributed by atoms with Crippen molar-refractivity contribution in [3.8, 4) is 5.75 Å². The topological polar surface area (TPSA) is 45.1 Å². The third kappa shape index (κ3) is 4.31. The van der Waals surface area contributed by atoms with Gasteiger partial charge < -0.3 is 4.74 Å². The van der Waals surface area contributed by atoms with E-state index >= 15 is 0 Å². The fourth-order valence-electron chi connectivity index (χ4n) is 3.58. The third-order valence-electron chi connectivity index (χ3n) is 4.91. The molecule has 0 radical (unpaired) electrons. The Kier molecular flexibility index (Phi) is 6.30. The van der Waals surface area contributed by atoms with Crippen molar-refractivity contribution in [3.05, 3.63) is 87.9 Å². The van der Waals surface area contributed by atoms with Crippen LogP contribution < -0.4 is 14.6 Å². The van der Waals surface area contributed by atoms with E-state index in [1.807, 2.05) is 89.6 Å². The minimum atomic E-state index is -0.413. The molecule has 0 spiro atoms. The van der Waals surface area contributed by atoms with Gasteiger partial charge in [0.25, 0.3) is 0 Å². The molecule has 0 saturated heterocycles. The van der Waals surface area contributed by atoms with E-state index in [-0.39, 0.29) is 5.78 Å². The number of Topliss-reactive ketones (excluding diaryl/α,β-unsaturated/α-hetero) is 1. The summed E-state index contributed by atoms with van der Waals surface area (Å²) >= 11 is 9.60. The number of nitrogens with zero attached hydrogens (tertiary/aromatic N) is 3. The predicted octanol–water partition coefficient (Wildman–Crippen LogP) is 6.43. The van der Waals surface area contributed by atoms with Crippen LogP contribution in [0.2, 0.25) is 5.02 Å². The van der Waals surface area contributed by atoms with E-state index in [0.29, 0.717) is 17.5 Å². The van der Waals surface area contributed by atoms with Crippen molar-refractivity contribution in [2.45, 2.75) is 20.0 Å². The number of hydrogen-bond acceptors (Lipinski definition) is 5. The van der Waals surface area contributed by atoms with Crippen LogP contribution in [0.3, 0.4) is 0 Å². The van der Waals surface area contributed by atoms with Crippen molar-refractivity contribution < 1.29 is 9.53 Å². The number of carbonyl (C=O) groups is 1. The second kappa shape index (κ2) is 9.12. The van der Waals surface area contributed by atoms with Gasteiger partial charge in [-0.05, 0) is 61.5 Å². The number of benzene rings is 3. The highest BCUT2D eigenvalue weighted by Gasteiger charge is 2.40. The van der Waals surface area contributed by atoms with Crippen LogP contribution in [0, 0.1) is 0 Å². The van der Waals surface area contributed by atoms with Gasteiger partial charge in [-0.3, -0.25) is 9.69 Å². The van der Waals surface area contributed by atoms with E-state index in [2.05, 4.69) is 15.9 Å². The van der Waals surface area contributed by atoms with E-state index in [0.717, 1.165) is 27.2 Å². The summed E-state index contributed by atoms with van der Waals surface area (Å²) in [6.07, 6.45) is -0.413. The number of hydrazone groups is 1. The van der Waals surface area contributed by atoms with E-state index in [9.17, 15) is 4.79 Å². The lowest BCUT2D eigenvalue weighted by Gasteiger charge is -2.33. The van der Waals surface area contributed by atoms with Gasteiger partial charge in [-0.2, -0.15) is 0 Å². The van der Waals surface area contributed by atoms with Crippen LogP contribution in [0.4, 0.5) is 11.4 Å². The Morgan fingerprint density at radius 3 is 2.32 bits per heavy atom. The summed E-state index contributed by atoms with van der Waals surface area (Å²) in [5, 5.41) is 7.22. The summed E-state index contributed by atoms with van der Waals surface area (Å²) < 4.78 is 6.89. The van der Waals surface area contributed by atoms with Crippen LogP contribution in [0.25, 0.3) is 0 Å². The molecule has 4 rings (SSSR count). The summed E-state index contributed by atoms with van der Waals surface area (Å²) in [7, 11) is 0. The summed E-state index contributed by atoms with van der Waals surface area (Å²) in [5.74, 6) is 0.975. The fourth-order valence-corrected chi connectivity index (χ4v) is 3.97. The molecule has 158 valence electrons. The Labute approximate surface area is 195 Å². The smallest absolute Gasteiger partial charge is 0.198 e. The van der Waals surface area contributed by atoms with Gasteiger partial charge in [-0.15, -0.1) is 5.10 Å². The molecule has 0 fully saturated rings. The highest BCUT2D eigenvalue weighted by Crippen LogP contribution is 2.42. The zero-order valence-corrected chi connectivity index (χ0v) is 19.5. The Balaban J connectivity index is 1.92. The second-order valence-electron chi connectivity index (χ2n) is 6.99. The lowest BCUT2D eigenvalue weighted by molar-refractivity contribution is -0.111. The molecular formula is C24H21BrClN3O2. The van der Waals surface area contributed by atoms with E-state index in [1.54, 1.807) is 0 Å². The number of ether oxygens (including phenoxy) is 1. The molecule has 0 bridgehead atoms. The second-order valence-corrected chi connectivity index (χ2v) is 8.34. The molecule has 0 aliphatic carbocycles. The molecule has 31 heavy (non-hydrogen) atoms. The first-order chi connectivity index (χ1) is 15.0. The van der Waals surface area contributed by atoms with Crippen molar-refractivity contribution in [2.75, 3.05) is 16.5 Å². The molecule has 7 heteroatoms. The van der Waals surface area contributed by atoms with E-state index in [4.69, 9.17) is 21.4 Å². The van der Waals surface area contributed by atoms with Gasteiger partial charge in [-0.1, -0.05) is 45.7 Å². The van der Waals surface area contributed by atoms with E-state index in [1.165, 1.54) is 6.92 Å². The lowest BCUT2D eigenvalue weighted by Crippen LogP contribution is -2.38. The van der Waals surface area contributed by atoms with Gasteiger partial charge in [0.15, 0.2) is 17.8 Å². The van der Waals surface area contributed by atoms with Crippen LogP contribution in [0.15, 0.2) is 82.4 Å². The normalized spacial score (nSPS) is 15.7. The maximum atomic E-state index is 12.7. The zero-order chi connectivity index (χ0) is 22.0. The summed E-state index contributed by atoms with van der Waals surface area (Å²) in [6, 6.07) is 23.1. The van der Waals surface area contributed by atoms with Gasteiger partial charge in [0.2, 0.25) is 0 Å². The van der Waals surface area contributed by atoms with Gasteiger partial charge >= 0.3 is 0 Å². The molecule has 5 nitrogen and oxygen atoms in total. The Morgan fingerprint density at radius 1 is 1.03 bits per heavy atom. The summed E-state index contributed by atoms with van der Waals surface area (Å²) in [4.78, 5) is 14.6. The molecule has 1 aliphatic heterocycles. The van der Waals surface area contributed by atoms with Crippen LogP contribution in [0.5, 0.6) is 5.75 Å². The standard InChI is InChI=1S/C24H21BrClN3O2/c1-3-31-22-7-5-4-6-21(22)24-28(19-12-8-17(25)9-13-19)23(16(2)30)27-29(24)20-14-10-18(26)11-15-20/h4-15,24H,3H2,1-2H3. The van der Waals surface area contributed by atoms with Gasteiger partial charge in [0, 0.05) is 27.7 Å². The molecule has 1 atom stereocenters. The lowest BCUT2D eigenvalue weighted by atomic mass is 10.1. The SMILES string of the molecule is CCOc1ccccc1C1N(c2ccc(Cl)cc2)N=C(C(C)=O)N1c1ccc(Br)cc1. The first kappa shape index (κ1) is 21.4. The molecule has 3 aromatic carbocycles. The average Bonchev–Trinajstić information content (AvgIpc) is 3.16. The predicted molar refractivity (Wildman–Crippen MR) is 129 cm³/mol. The van der Waals surface area contributed by atoms with Gasteiger partial charge in [-0.25, -0.2) is 5.01 Å². The molecule has 1 unspecified atom stereocenters. The van der Waals surface area contributed by atoms with Crippen LogP contribution in [-0.2, 0) is 4.79 Å². The molecule has 0 saturated carbocycles. The molecule has 1 heterocycles. The number of carbonyl (C=O) groups excluding carboxylic acids is 1. The number of amidine groups is 1. The van der Waals surface area contributed by atoms with E-state index < -0.39 is 6.17 Å². The molecular weight excluding hydrogens is 478 g/mol. The van der Waals surface area contributed by atoms with Crippen molar-refractivity contribution in [2.24, 2.45) is 5.10 Å². The summed E-state index contributed by atoms with van der Waals surface area (Å²) in [5.41, 5.74) is 2.58. The largest absolute Gasteiger partial charge is 0.493 e. The first-order valence-corrected chi connectivity index (χ1v) is 11.1. The Morgan fingerprint density at radius 2 is 1.68 bits per heavy atom. The van der Waals surface area contributed by atoms with Crippen LogP contribution >= 0.6 is 27.5 Å². The number of halogens is 2. The highest BCUT2D eigenvalue weighted by molar-refractivity contribution is 9.10. The fraction of sp³-hybridized carbons (Fsp3) is 0.167. The minimum absolute atomic E-state index is 0.127. The van der Waals surface area contributed by atoms with Crippen molar-refractivity contribution in [1.82, 2.24) is 0 Å². The first-order valence-electron chi connectivity index (χ1n) is 9.90. The maximum absolute atomic E-state index is 12.7. The molecule has 1 aliphatic rings. The molecule has 0 N–H and O–H groups in total. The quantitative estimate of drug-likeness (QED) is 0.393. The Bertz CT molecular complexity index is 1120. The van der Waals surface area contributed by atoms with Crippen molar-refractivity contribution in [1.29, 1.82) is 0 Å². The molecule has 0 aromatic heterocycles. The highest BCUT2D eigenvalue weighted by atomic mass is 79.9. The minimum Gasteiger partial charge on any atom is -0.493 e. The number of rotatable bonds is 6. The molecule has 0 amide bonds. The summed E-state index contributed by atoms with van der Waals surface area (Å²) in [6.45, 7) is 4.01. The number of anilines is 2. The van der Waals surface area contributed by atoms with Crippen molar-refractivity contribution >= 4 is 50.5 Å². The number of ketones is 1. The Hall–Kier alpha value is -2.83. The third-order valence-corrected chi connectivity index (χ3v) is 5.70. The van der Waals surface area contributed by atoms with Crippen LogP contribution in [0.1, 0.15) is 25.6 Å². The molecule has 3 aromatic rings. The average molecular weight is 499 g/mol.